The first kappa shape index (κ1) is 11.1. The maximum Gasteiger partial charge on any atom is 0.224 e. The van der Waals surface area contributed by atoms with Gasteiger partial charge in [0.1, 0.15) is 0 Å². The lowest BCUT2D eigenvalue weighted by Crippen LogP contribution is -2.28. The average molecular weight is 218 g/mol. The number of hydrogen-bond donors (Lipinski definition) is 2. The normalized spacial score (nSPS) is 15.6. The van der Waals surface area contributed by atoms with Crippen molar-refractivity contribution in [2.24, 2.45) is 5.73 Å². The Labute approximate surface area is 96.0 Å². The number of amides is 1. The van der Waals surface area contributed by atoms with Gasteiger partial charge in [0.2, 0.25) is 5.91 Å². The standard InChI is InChI=1S/C13H18N2O/c1-13(2,8-14)10-4-5-11-9(7-10)3-6-12(16)15-11/h4-5,7H,3,6,8,14H2,1-2H3,(H,15,16). The Morgan fingerprint density at radius 1 is 1.38 bits per heavy atom. The van der Waals surface area contributed by atoms with Crippen molar-refractivity contribution in [2.75, 3.05) is 11.9 Å². The van der Waals surface area contributed by atoms with Crippen molar-refractivity contribution >= 4 is 11.6 Å². The predicted octanol–water partition coefficient (Wildman–Crippen LogP) is 1.81. The number of carbonyl (C=O) groups is 1. The fourth-order valence-electron chi connectivity index (χ4n) is 1.92. The Bertz CT molecular complexity index is 424. The Kier molecular flexibility index (Phi) is 2.72. The van der Waals surface area contributed by atoms with Gasteiger partial charge in [0.25, 0.3) is 0 Å². The predicted molar refractivity (Wildman–Crippen MR) is 65.5 cm³/mol. The average Bonchev–Trinajstić information content (AvgIpc) is 2.28. The van der Waals surface area contributed by atoms with Gasteiger partial charge in [-0.2, -0.15) is 0 Å². The molecule has 0 unspecified atom stereocenters. The molecule has 3 N–H and O–H groups in total. The van der Waals surface area contributed by atoms with E-state index >= 15 is 0 Å². The van der Waals surface area contributed by atoms with Crippen LogP contribution in [0.4, 0.5) is 5.69 Å². The van der Waals surface area contributed by atoms with Gasteiger partial charge in [-0.25, -0.2) is 0 Å². The zero-order valence-electron chi connectivity index (χ0n) is 9.84. The summed E-state index contributed by atoms with van der Waals surface area (Å²) >= 11 is 0. The lowest BCUT2D eigenvalue weighted by Gasteiger charge is -2.26. The van der Waals surface area contributed by atoms with Gasteiger partial charge < -0.3 is 11.1 Å². The molecule has 1 aliphatic heterocycles. The first-order chi connectivity index (χ1) is 7.53. The summed E-state index contributed by atoms with van der Waals surface area (Å²) in [4.78, 5) is 11.2. The molecule has 1 aliphatic rings. The number of nitrogens with two attached hydrogens (primary N) is 1. The van der Waals surface area contributed by atoms with E-state index in [1.165, 1.54) is 11.1 Å². The molecule has 0 atom stereocenters. The largest absolute Gasteiger partial charge is 0.330 e. The highest BCUT2D eigenvalue weighted by molar-refractivity contribution is 5.93. The number of aryl methyl sites for hydroxylation is 1. The van der Waals surface area contributed by atoms with E-state index in [9.17, 15) is 4.79 Å². The molecular weight excluding hydrogens is 200 g/mol. The van der Waals surface area contributed by atoms with Crippen LogP contribution in [0.15, 0.2) is 18.2 Å². The lowest BCUT2D eigenvalue weighted by molar-refractivity contribution is -0.116. The number of fused-ring (bicyclic) bond motifs is 1. The van der Waals surface area contributed by atoms with Crippen LogP contribution in [0, 0.1) is 0 Å². The van der Waals surface area contributed by atoms with Gasteiger partial charge in [0.05, 0.1) is 0 Å². The summed E-state index contributed by atoms with van der Waals surface area (Å²) in [6.45, 7) is 4.89. The summed E-state index contributed by atoms with van der Waals surface area (Å²) in [6, 6.07) is 6.21. The molecule has 1 heterocycles. The van der Waals surface area contributed by atoms with E-state index in [1.54, 1.807) is 0 Å². The maximum atomic E-state index is 11.2. The van der Waals surface area contributed by atoms with Crippen LogP contribution in [0.3, 0.4) is 0 Å². The lowest BCUT2D eigenvalue weighted by atomic mass is 9.83. The monoisotopic (exact) mass is 218 g/mol. The minimum Gasteiger partial charge on any atom is -0.330 e. The number of rotatable bonds is 2. The van der Waals surface area contributed by atoms with Gasteiger partial charge >= 0.3 is 0 Å². The fourth-order valence-corrected chi connectivity index (χ4v) is 1.92. The number of hydrogen-bond acceptors (Lipinski definition) is 2. The molecule has 0 spiro atoms. The topological polar surface area (TPSA) is 55.1 Å². The summed E-state index contributed by atoms with van der Waals surface area (Å²) in [5.74, 6) is 0.110. The summed E-state index contributed by atoms with van der Waals surface area (Å²) in [5.41, 5.74) is 9.18. The van der Waals surface area contributed by atoms with Crippen molar-refractivity contribution in [3.8, 4) is 0 Å². The van der Waals surface area contributed by atoms with Crippen LogP contribution < -0.4 is 11.1 Å². The third-order valence-electron chi connectivity index (χ3n) is 3.29. The van der Waals surface area contributed by atoms with Crippen LogP contribution in [-0.4, -0.2) is 12.5 Å². The zero-order chi connectivity index (χ0) is 11.8. The summed E-state index contributed by atoms with van der Waals surface area (Å²) < 4.78 is 0. The van der Waals surface area contributed by atoms with Crippen molar-refractivity contribution in [3.63, 3.8) is 0 Å². The Hall–Kier alpha value is -1.35. The SMILES string of the molecule is CC(C)(CN)c1ccc2c(c1)CCC(=O)N2. The first-order valence-electron chi connectivity index (χ1n) is 5.66. The van der Waals surface area contributed by atoms with E-state index < -0.39 is 0 Å². The summed E-state index contributed by atoms with van der Waals surface area (Å²) in [6.07, 6.45) is 1.41. The maximum absolute atomic E-state index is 11.2. The molecule has 2 rings (SSSR count). The Morgan fingerprint density at radius 3 is 2.81 bits per heavy atom. The van der Waals surface area contributed by atoms with E-state index in [0.717, 1.165) is 12.1 Å². The number of carbonyl (C=O) groups excluding carboxylic acids is 1. The number of nitrogens with one attached hydrogen (secondary N) is 1. The van der Waals surface area contributed by atoms with Crippen LogP contribution in [0.25, 0.3) is 0 Å². The van der Waals surface area contributed by atoms with Crippen LogP contribution in [0.2, 0.25) is 0 Å². The van der Waals surface area contributed by atoms with Crippen LogP contribution in [-0.2, 0) is 16.6 Å². The highest BCUT2D eigenvalue weighted by atomic mass is 16.1. The molecule has 0 saturated heterocycles. The summed E-state index contributed by atoms with van der Waals surface area (Å²) in [5, 5.41) is 2.89. The molecular formula is C13H18N2O. The quantitative estimate of drug-likeness (QED) is 0.795. The first-order valence-corrected chi connectivity index (χ1v) is 5.66. The molecule has 1 amide bonds. The molecule has 86 valence electrons. The third-order valence-corrected chi connectivity index (χ3v) is 3.29. The fraction of sp³-hybridized carbons (Fsp3) is 0.462. The van der Waals surface area contributed by atoms with Gasteiger partial charge in [0, 0.05) is 24.1 Å². The molecule has 0 bridgehead atoms. The summed E-state index contributed by atoms with van der Waals surface area (Å²) in [7, 11) is 0. The van der Waals surface area contributed by atoms with Crippen molar-refractivity contribution in [2.45, 2.75) is 32.1 Å². The van der Waals surface area contributed by atoms with Crippen molar-refractivity contribution in [1.29, 1.82) is 0 Å². The highest BCUT2D eigenvalue weighted by Crippen LogP contribution is 2.29. The molecule has 0 fully saturated rings. The van der Waals surface area contributed by atoms with E-state index in [1.807, 2.05) is 6.07 Å². The Balaban J connectivity index is 2.36. The van der Waals surface area contributed by atoms with Crippen molar-refractivity contribution in [1.82, 2.24) is 0 Å². The van der Waals surface area contributed by atoms with Crippen LogP contribution >= 0.6 is 0 Å². The van der Waals surface area contributed by atoms with Gasteiger partial charge in [-0.1, -0.05) is 26.0 Å². The van der Waals surface area contributed by atoms with Gasteiger partial charge in [-0.3, -0.25) is 4.79 Å². The second-order valence-corrected chi connectivity index (χ2v) is 5.01. The molecule has 0 radical (unpaired) electrons. The molecule has 1 aromatic rings. The molecule has 0 saturated carbocycles. The highest BCUT2D eigenvalue weighted by Gasteiger charge is 2.21. The molecule has 3 nitrogen and oxygen atoms in total. The Morgan fingerprint density at radius 2 is 2.12 bits per heavy atom. The molecule has 0 aliphatic carbocycles. The second-order valence-electron chi connectivity index (χ2n) is 5.01. The third kappa shape index (κ3) is 1.95. The van der Waals surface area contributed by atoms with Crippen molar-refractivity contribution < 1.29 is 4.79 Å². The smallest absolute Gasteiger partial charge is 0.224 e. The van der Waals surface area contributed by atoms with Gasteiger partial charge in [-0.05, 0) is 23.6 Å². The van der Waals surface area contributed by atoms with E-state index in [4.69, 9.17) is 5.73 Å². The molecule has 16 heavy (non-hydrogen) atoms. The molecule has 3 heteroatoms. The van der Waals surface area contributed by atoms with Gasteiger partial charge in [0.15, 0.2) is 0 Å². The molecule has 1 aromatic carbocycles. The molecule has 0 aromatic heterocycles. The second kappa shape index (κ2) is 3.91. The van der Waals surface area contributed by atoms with Crippen molar-refractivity contribution in [3.05, 3.63) is 29.3 Å². The van der Waals surface area contributed by atoms with E-state index in [0.29, 0.717) is 13.0 Å². The van der Waals surface area contributed by atoms with Crippen LogP contribution in [0.1, 0.15) is 31.4 Å². The van der Waals surface area contributed by atoms with E-state index in [2.05, 4.69) is 31.3 Å². The number of anilines is 1. The number of benzene rings is 1. The zero-order valence-corrected chi connectivity index (χ0v) is 9.84. The minimum atomic E-state index is -0.00349. The van der Waals surface area contributed by atoms with Gasteiger partial charge in [-0.15, -0.1) is 0 Å². The van der Waals surface area contributed by atoms with Crippen LogP contribution in [0.5, 0.6) is 0 Å². The van der Waals surface area contributed by atoms with E-state index in [-0.39, 0.29) is 11.3 Å². The minimum absolute atomic E-state index is 0.00349.